The summed E-state index contributed by atoms with van der Waals surface area (Å²) in [4.78, 5) is 29.7. The Balaban J connectivity index is 1.36. The fraction of sp³-hybridized carbons (Fsp3) is 0.462. The van der Waals surface area contributed by atoms with E-state index in [0.29, 0.717) is 30.3 Å². The molecule has 7 nitrogen and oxygen atoms in total. The zero-order valence-corrected chi connectivity index (χ0v) is 19.9. The van der Waals surface area contributed by atoms with Crippen molar-refractivity contribution in [1.82, 2.24) is 10.2 Å². The van der Waals surface area contributed by atoms with Gasteiger partial charge in [0.25, 0.3) is 0 Å². The molecule has 0 aliphatic carbocycles. The third-order valence-corrected chi connectivity index (χ3v) is 6.86. The van der Waals surface area contributed by atoms with Gasteiger partial charge in [-0.3, -0.25) is 14.5 Å². The summed E-state index contributed by atoms with van der Waals surface area (Å²) in [6, 6.07) is 13.9. The molecule has 1 atom stereocenters. The van der Waals surface area contributed by atoms with Gasteiger partial charge in [0.1, 0.15) is 0 Å². The minimum atomic E-state index is -0.372. The highest BCUT2D eigenvalue weighted by molar-refractivity contribution is 6.00. The van der Waals surface area contributed by atoms with Gasteiger partial charge in [-0.15, -0.1) is 0 Å². The molecule has 2 aliphatic heterocycles. The Labute approximate surface area is 195 Å². The van der Waals surface area contributed by atoms with E-state index in [1.807, 2.05) is 6.07 Å². The summed E-state index contributed by atoms with van der Waals surface area (Å²) >= 11 is 0. The number of nitrogens with zero attached hydrogens (tertiary/aromatic N) is 2. The minimum Gasteiger partial charge on any atom is -0.493 e. The summed E-state index contributed by atoms with van der Waals surface area (Å²) in [6.45, 7) is 7.07. The highest BCUT2D eigenvalue weighted by Crippen LogP contribution is 2.34. The van der Waals surface area contributed by atoms with Gasteiger partial charge in [0.2, 0.25) is 11.8 Å². The molecule has 33 heavy (non-hydrogen) atoms. The summed E-state index contributed by atoms with van der Waals surface area (Å²) in [5.74, 6) is 0.653. The molecule has 0 spiro atoms. The molecule has 2 aromatic carbocycles. The van der Waals surface area contributed by atoms with Gasteiger partial charge in [-0.2, -0.15) is 0 Å². The van der Waals surface area contributed by atoms with E-state index >= 15 is 0 Å². The predicted octanol–water partition coefficient (Wildman–Crippen LogP) is 3.01. The topological polar surface area (TPSA) is 71.1 Å². The van der Waals surface area contributed by atoms with E-state index in [0.717, 1.165) is 19.5 Å². The minimum absolute atomic E-state index is 0.0609. The van der Waals surface area contributed by atoms with Gasteiger partial charge in [-0.05, 0) is 43.5 Å². The van der Waals surface area contributed by atoms with Crippen molar-refractivity contribution in [3.63, 3.8) is 0 Å². The zero-order chi connectivity index (χ0) is 23.6. The molecule has 7 heteroatoms. The first-order valence-electron chi connectivity index (χ1n) is 11.4. The monoisotopic (exact) mass is 451 g/mol. The van der Waals surface area contributed by atoms with Crippen molar-refractivity contribution < 1.29 is 19.1 Å². The van der Waals surface area contributed by atoms with Crippen LogP contribution in [0.3, 0.4) is 0 Å². The lowest BCUT2D eigenvalue weighted by atomic mass is 9.94. The number of anilines is 1. The summed E-state index contributed by atoms with van der Waals surface area (Å²) in [5.41, 5.74) is 3.29. The number of carbonyl (C=O) groups is 2. The molecule has 0 radical (unpaired) electrons. The fourth-order valence-corrected chi connectivity index (χ4v) is 4.70. The van der Waals surface area contributed by atoms with Gasteiger partial charge in [-0.1, -0.05) is 24.3 Å². The number of nitrogens with one attached hydrogen (secondary N) is 1. The van der Waals surface area contributed by atoms with E-state index < -0.39 is 0 Å². The van der Waals surface area contributed by atoms with E-state index in [1.165, 1.54) is 11.1 Å². The first-order valence-corrected chi connectivity index (χ1v) is 11.4. The lowest BCUT2D eigenvalue weighted by Crippen LogP contribution is -2.53. The van der Waals surface area contributed by atoms with Gasteiger partial charge < -0.3 is 19.7 Å². The van der Waals surface area contributed by atoms with E-state index in [9.17, 15) is 9.59 Å². The van der Waals surface area contributed by atoms with Crippen LogP contribution in [0.5, 0.6) is 11.5 Å². The van der Waals surface area contributed by atoms with Crippen LogP contribution in [0.4, 0.5) is 5.69 Å². The van der Waals surface area contributed by atoms with Crippen LogP contribution in [-0.2, 0) is 22.6 Å². The maximum Gasteiger partial charge on any atom is 0.227 e. The molecule has 1 N–H and O–H groups in total. The number of rotatable bonds is 7. The van der Waals surface area contributed by atoms with E-state index in [2.05, 4.69) is 48.3 Å². The quantitative estimate of drug-likeness (QED) is 0.701. The first-order chi connectivity index (χ1) is 15.8. The second-order valence-corrected chi connectivity index (χ2v) is 9.42. The Bertz CT molecular complexity index is 1040. The van der Waals surface area contributed by atoms with Crippen molar-refractivity contribution in [2.24, 2.45) is 5.92 Å². The van der Waals surface area contributed by atoms with Crippen LogP contribution < -0.4 is 19.7 Å². The standard InChI is InChI=1S/C26H33N3O4/c1-26(2,28-12-11-18-7-5-6-8-19(18)15-28)17-27-25(31)20-13-24(30)29(16-20)21-9-10-22(32-3)23(14-21)33-4/h5-10,14,20H,11-13,15-17H2,1-4H3,(H,27,31). The molecule has 2 amide bonds. The molecule has 2 heterocycles. The highest BCUT2D eigenvalue weighted by Gasteiger charge is 2.37. The lowest BCUT2D eigenvalue weighted by molar-refractivity contribution is -0.126. The number of fused-ring (bicyclic) bond motifs is 1. The molecule has 2 aliphatic rings. The smallest absolute Gasteiger partial charge is 0.227 e. The van der Waals surface area contributed by atoms with Crippen molar-refractivity contribution >= 4 is 17.5 Å². The molecule has 1 saturated heterocycles. The Morgan fingerprint density at radius 3 is 2.55 bits per heavy atom. The Kier molecular flexibility index (Phi) is 6.61. The highest BCUT2D eigenvalue weighted by atomic mass is 16.5. The maximum atomic E-state index is 13.0. The van der Waals surface area contributed by atoms with Crippen molar-refractivity contribution in [2.75, 3.05) is 38.8 Å². The Morgan fingerprint density at radius 2 is 1.82 bits per heavy atom. The van der Waals surface area contributed by atoms with Gasteiger partial charge in [-0.25, -0.2) is 0 Å². The molecule has 2 aromatic rings. The number of ether oxygens (including phenoxy) is 2. The molecular weight excluding hydrogens is 418 g/mol. The number of carbonyl (C=O) groups excluding carboxylic acids is 2. The largest absolute Gasteiger partial charge is 0.493 e. The fourth-order valence-electron chi connectivity index (χ4n) is 4.70. The predicted molar refractivity (Wildman–Crippen MR) is 128 cm³/mol. The van der Waals surface area contributed by atoms with Gasteiger partial charge in [0, 0.05) is 49.9 Å². The average molecular weight is 452 g/mol. The van der Waals surface area contributed by atoms with E-state index in [4.69, 9.17) is 9.47 Å². The normalized spacial score (nSPS) is 18.7. The number of methoxy groups -OCH3 is 2. The van der Waals surface area contributed by atoms with Crippen LogP contribution in [0.15, 0.2) is 42.5 Å². The molecule has 176 valence electrons. The third-order valence-electron chi connectivity index (χ3n) is 6.86. The van der Waals surface area contributed by atoms with E-state index in [1.54, 1.807) is 31.3 Å². The first kappa shape index (κ1) is 23.1. The average Bonchev–Trinajstić information content (AvgIpc) is 3.23. The van der Waals surface area contributed by atoms with Crippen LogP contribution in [0, 0.1) is 5.92 Å². The molecule has 0 bridgehead atoms. The molecule has 1 fully saturated rings. The SMILES string of the molecule is COc1ccc(N2CC(C(=O)NCC(C)(C)N3CCc4ccccc4C3)CC2=O)cc1OC. The Morgan fingerprint density at radius 1 is 1.09 bits per heavy atom. The van der Waals surface area contributed by atoms with Crippen LogP contribution >= 0.6 is 0 Å². The summed E-state index contributed by atoms with van der Waals surface area (Å²) in [5, 5.41) is 3.12. The third kappa shape index (κ3) is 4.83. The molecule has 0 saturated carbocycles. The van der Waals surface area contributed by atoms with Crippen molar-refractivity contribution in [1.29, 1.82) is 0 Å². The Hall–Kier alpha value is -3.06. The number of amides is 2. The molecular formula is C26H33N3O4. The second kappa shape index (κ2) is 9.43. The van der Waals surface area contributed by atoms with Crippen molar-refractivity contribution in [3.8, 4) is 11.5 Å². The van der Waals surface area contributed by atoms with Crippen LogP contribution in [-0.4, -0.2) is 56.1 Å². The van der Waals surface area contributed by atoms with Crippen molar-refractivity contribution in [2.45, 2.75) is 38.8 Å². The molecule has 4 rings (SSSR count). The number of benzene rings is 2. The van der Waals surface area contributed by atoms with Crippen LogP contribution in [0.2, 0.25) is 0 Å². The van der Waals surface area contributed by atoms with E-state index in [-0.39, 0.29) is 29.7 Å². The number of hydrogen-bond donors (Lipinski definition) is 1. The molecule has 1 unspecified atom stereocenters. The maximum absolute atomic E-state index is 13.0. The summed E-state index contributed by atoms with van der Waals surface area (Å²) < 4.78 is 10.6. The van der Waals surface area contributed by atoms with Gasteiger partial charge >= 0.3 is 0 Å². The number of hydrogen-bond acceptors (Lipinski definition) is 5. The second-order valence-electron chi connectivity index (χ2n) is 9.42. The molecule has 0 aromatic heterocycles. The summed E-state index contributed by atoms with van der Waals surface area (Å²) in [7, 11) is 3.13. The lowest BCUT2D eigenvalue weighted by Gasteiger charge is -2.41. The van der Waals surface area contributed by atoms with Crippen LogP contribution in [0.25, 0.3) is 0 Å². The zero-order valence-electron chi connectivity index (χ0n) is 19.9. The van der Waals surface area contributed by atoms with Gasteiger partial charge in [0.05, 0.1) is 20.1 Å². The van der Waals surface area contributed by atoms with Crippen molar-refractivity contribution in [3.05, 3.63) is 53.6 Å². The summed E-state index contributed by atoms with van der Waals surface area (Å²) in [6.07, 6.45) is 1.22. The van der Waals surface area contributed by atoms with Gasteiger partial charge in [0.15, 0.2) is 11.5 Å². The van der Waals surface area contributed by atoms with Crippen LogP contribution in [0.1, 0.15) is 31.4 Å².